The van der Waals surface area contributed by atoms with Crippen molar-refractivity contribution in [1.29, 1.82) is 0 Å². The number of carbonyl (C=O) groups is 3. The molecule has 1 aromatic rings. The van der Waals surface area contributed by atoms with Gasteiger partial charge in [0.25, 0.3) is 5.91 Å². The smallest absolute Gasteiger partial charge is 0.355 e. The van der Waals surface area contributed by atoms with Crippen LogP contribution in [-0.4, -0.2) is 24.4 Å². The van der Waals surface area contributed by atoms with Gasteiger partial charge in [0.2, 0.25) is 5.91 Å². The molecule has 0 spiro atoms. The van der Waals surface area contributed by atoms with Crippen LogP contribution in [0.25, 0.3) is 6.08 Å². The number of hydrogen-bond donors (Lipinski definition) is 2. The van der Waals surface area contributed by atoms with Gasteiger partial charge in [-0.2, -0.15) is 0 Å². The standard InChI is InChI=1S/C13H14N2O4/c1-9(16)15-11(13(18)19-8-12(14)17)7-10-5-3-2-4-6-10/h2-7H,8H2,1H3,(H2,14,17)(H,15,16). The number of carbonyl (C=O) groups excluding carboxylic acids is 3. The van der Waals surface area contributed by atoms with Gasteiger partial charge in [-0.05, 0) is 11.6 Å². The number of nitrogens with one attached hydrogen (secondary N) is 1. The van der Waals surface area contributed by atoms with Crippen molar-refractivity contribution in [3.05, 3.63) is 41.6 Å². The molecule has 2 amide bonds. The van der Waals surface area contributed by atoms with E-state index in [4.69, 9.17) is 5.73 Å². The Labute approximate surface area is 110 Å². The zero-order chi connectivity index (χ0) is 14.3. The van der Waals surface area contributed by atoms with E-state index in [-0.39, 0.29) is 5.70 Å². The van der Waals surface area contributed by atoms with Gasteiger partial charge in [-0.25, -0.2) is 4.79 Å². The summed E-state index contributed by atoms with van der Waals surface area (Å²) in [6, 6.07) is 8.89. The highest BCUT2D eigenvalue weighted by molar-refractivity contribution is 5.98. The summed E-state index contributed by atoms with van der Waals surface area (Å²) in [7, 11) is 0. The van der Waals surface area contributed by atoms with Crippen LogP contribution < -0.4 is 11.1 Å². The molecule has 0 aliphatic carbocycles. The van der Waals surface area contributed by atoms with E-state index in [0.717, 1.165) is 0 Å². The minimum atomic E-state index is -0.821. The molecule has 0 saturated heterocycles. The zero-order valence-corrected chi connectivity index (χ0v) is 10.4. The number of benzene rings is 1. The average Bonchev–Trinajstić information content (AvgIpc) is 2.36. The molecule has 0 aliphatic heterocycles. The van der Waals surface area contributed by atoms with Crippen LogP contribution in [0.15, 0.2) is 36.0 Å². The van der Waals surface area contributed by atoms with Gasteiger partial charge in [-0.3, -0.25) is 9.59 Å². The maximum Gasteiger partial charge on any atom is 0.355 e. The molecule has 1 rings (SSSR count). The fourth-order valence-corrected chi connectivity index (χ4v) is 1.27. The molecule has 0 heterocycles. The Kier molecular flexibility index (Phi) is 5.28. The van der Waals surface area contributed by atoms with Crippen molar-refractivity contribution in [2.45, 2.75) is 6.92 Å². The van der Waals surface area contributed by atoms with Crippen molar-refractivity contribution in [2.75, 3.05) is 6.61 Å². The summed E-state index contributed by atoms with van der Waals surface area (Å²) in [6.45, 7) is 0.727. The Morgan fingerprint density at radius 1 is 1.26 bits per heavy atom. The molecule has 6 heteroatoms. The van der Waals surface area contributed by atoms with E-state index in [1.165, 1.54) is 13.0 Å². The minimum absolute atomic E-state index is 0.0556. The topological polar surface area (TPSA) is 98.5 Å². The molecule has 0 unspecified atom stereocenters. The lowest BCUT2D eigenvalue weighted by Crippen LogP contribution is -2.29. The van der Waals surface area contributed by atoms with Gasteiger partial charge in [0.1, 0.15) is 5.70 Å². The van der Waals surface area contributed by atoms with Gasteiger partial charge >= 0.3 is 5.97 Å². The van der Waals surface area contributed by atoms with Crippen LogP contribution in [0.1, 0.15) is 12.5 Å². The molecule has 0 fully saturated rings. The Morgan fingerprint density at radius 3 is 2.42 bits per heavy atom. The summed E-state index contributed by atoms with van der Waals surface area (Å²) in [5.41, 5.74) is 5.53. The van der Waals surface area contributed by atoms with Gasteiger partial charge in [-0.1, -0.05) is 30.3 Å². The van der Waals surface area contributed by atoms with E-state index in [1.807, 2.05) is 6.07 Å². The van der Waals surface area contributed by atoms with Crippen LogP contribution >= 0.6 is 0 Å². The highest BCUT2D eigenvalue weighted by atomic mass is 16.5. The maximum atomic E-state index is 11.7. The average molecular weight is 262 g/mol. The number of ether oxygens (including phenoxy) is 1. The molecule has 19 heavy (non-hydrogen) atoms. The summed E-state index contributed by atoms with van der Waals surface area (Å²) in [5.74, 6) is -2.01. The lowest BCUT2D eigenvalue weighted by Gasteiger charge is -2.07. The van der Waals surface area contributed by atoms with Crippen LogP contribution in [-0.2, 0) is 19.1 Å². The normalized spacial score (nSPS) is 10.7. The zero-order valence-electron chi connectivity index (χ0n) is 10.4. The molecule has 0 atom stereocenters. The highest BCUT2D eigenvalue weighted by Gasteiger charge is 2.13. The monoisotopic (exact) mass is 262 g/mol. The summed E-state index contributed by atoms with van der Waals surface area (Å²) in [4.78, 5) is 33.3. The van der Waals surface area contributed by atoms with Gasteiger partial charge in [0, 0.05) is 6.92 Å². The Balaban J connectivity index is 2.88. The van der Waals surface area contributed by atoms with Crippen molar-refractivity contribution >= 4 is 23.9 Å². The highest BCUT2D eigenvalue weighted by Crippen LogP contribution is 2.06. The predicted octanol–water partition coefficient (Wildman–Crippen LogP) is 0.192. The van der Waals surface area contributed by atoms with Crippen LogP contribution in [0, 0.1) is 0 Å². The second-order valence-electron chi connectivity index (χ2n) is 3.69. The van der Waals surface area contributed by atoms with E-state index in [2.05, 4.69) is 10.1 Å². The Morgan fingerprint density at radius 2 is 1.89 bits per heavy atom. The van der Waals surface area contributed by atoms with Gasteiger partial charge in [0.05, 0.1) is 0 Å². The largest absolute Gasteiger partial charge is 0.451 e. The van der Waals surface area contributed by atoms with Crippen molar-refractivity contribution in [3.63, 3.8) is 0 Å². The molecule has 0 aromatic heterocycles. The summed E-state index contributed by atoms with van der Waals surface area (Å²) in [6.07, 6.45) is 1.45. The molecule has 1 aromatic carbocycles. The third-order valence-corrected chi connectivity index (χ3v) is 1.99. The summed E-state index contributed by atoms with van der Waals surface area (Å²) in [5, 5.41) is 2.35. The molecule has 3 N–H and O–H groups in total. The third-order valence-electron chi connectivity index (χ3n) is 1.99. The SMILES string of the molecule is CC(=O)NC(=Cc1ccccc1)C(=O)OCC(N)=O. The molecular formula is C13H14N2O4. The molecule has 0 radical (unpaired) electrons. The quantitative estimate of drug-likeness (QED) is 0.584. The molecule has 0 aliphatic rings. The van der Waals surface area contributed by atoms with Crippen LogP contribution in [0.2, 0.25) is 0 Å². The second kappa shape index (κ2) is 6.95. The molecule has 0 saturated carbocycles. The number of esters is 1. The lowest BCUT2D eigenvalue weighted by atomic mass is 10.2. The molecule has 100 valence electrons. The van der Waals surface area contributed by atoms with Gasteiger partial charge in [-0.15, -0.1) is 0 Å². The van der Waals surface area contributed by atoms with E-state index in [0.29, 0.717) is 5.56 Å². The number of primary amides is 1. The van der Waals surface area contributed by atoms with Crippen molar-refractivity contribution in [1.82, 2.24) is 5.32 Å². The third kappa shape index (κ3) is 5.49. The first-order chi connectivity index (χ1) is 8.99. The molecule has 0 bridgehead atoms. The van der Waals surface area contributed by atoms with Crippen molar-refractivity contribution in [2.24, 2.45) is 5.73 Å². The number of amides is 2. The number of hydrogen-bond acceptors (Lipinski definition) is 4. The Hall–Kier alpha value is -2.63. The lowest BCUT2D eigenvalue weighted by molar-refractivity contribution is -0.144. The Bertz CT molecular complexity index is 509. The minimum Gasteiger partial charge on any atom is -0.451 e. The number of nitrogens with two attached hydrogens (primary N) is 1. The maximum absolute atomic E-state index is 11.7. The first-order valence-electron chi connectivity index (χ1n) is 5.49. The first-order valence-corrected chi connectivity index (χ1v) is 5.49. The molecule has 6 nitrogen and oxygen atoms in total. The fraction of sp³-hybridized carbons (Fsp3) is 0.154. The predicted molar refractivity (Wildman–Crippen MR) is 68.4 cm³/mol. The van der Waals surface area contributed by atoms with Gasteiger partial charge < -0.3 is 15.8 Å². The van der Waals surface area contributed by atoms with E-state index in [1.54, 1.807) is 24.3 Å². The second-order valence-corrected chi connectivity index (χ2v) is 3.69. The van der Waals surface area contributed by atoms with E-state index in [9.17, 15) is 14.4 Å². The fourth-order valence-electron chi connectivity index (χ4n) is 1.27. The van der Waals surface area contributed by atoms with Crippen molar-refractivity contribution < 1.29 is 19.1 Å². The van der Waals surface area contributed by atoms with Crippen molar-refractivity contribution in [3.8, 4) is 0 Å². The van der Waals surface area contributed by atoms with Crippen LogP contribution in [0.3, 0.4) is 0 Å². The summed E-state index contributed by atoms with van der Waals surface area (Å²) < 4.78 is 4.64. The van der Waals surface area contributed by atoms with Crippen LogP contribution in [0.4, 0.5) is 0 Å². The van der Waals surface area contributed by atoms with E-state index >= 15 is 0 Å². The first kappa shape index (κ1) is 14.4. The van der Waals surface area contributed by atoms with E-state index < -0.39 is 24.4 Å². The summed E-state index contributed by atoms with van der Waals surface area (Å²) >= 11 is 0. The van der Waals surface area contributed by atoms with Gasteiger partial charge in [0.15, 0.2) is 6.61 Å². The molecular weight excluding hydrogens is 248 g/mol. The van der Waals surface area contributed by atoms with Crippen LogP contribution in [0.5, 0.6) is 0 Å². The number of rotatable bonds is 5.